The molecule has 4 rings (SSSR count). The summed E-state index contributed by atoms with van der Waals surface area (Å²) in [7, 11) is 0. The van der Waals surface area contributed by atoms with E-state index in [1.807, 2.05) is 18.2 Å². The number of hydrogen-bond donors (Lipinski definition) is 0. The first-order valence-electron chi connectivity index (χ1n) is 11.2. The van der Waals surface area contributed by atoms with E-state index in [1.165, 1.54) is 24.3 Å². The Labute approximate surface area is 187 Å². The fourth-order valence-electron chi connectivity index (χ4n) is 4.60. The largest absolute Gasteiger partial charge is 0.484 e. The summed E-state index contributed by atoms with van der Waals surface area (Å²) in [4.78, 5) is 42.1. The Balaban J connectivity index is 1.57. The van der Waals surface area contributed by atoms with Gasteiger partial charge in [0, 0.05) is 6.04 Å². The molecule has 0 N–H and O–H groups in total. The van der Waals surface area contributed by atoms with E-state index < -0.39 is 17.8 Å². The van der Waals surface area contributed by atoms with Crippen LogP contribution in [0.1, 0.15) is 44.9 Å². The number of para-hydroxylation sites is 1. The zero-order chi connectivity index (χ0) is 22.5. The Morgan fingerprint density at radius 2 is 1.62 bits per heavy atom. The molecule has 2 aromatic rings. The van der Waals surface area contributed by atoms with E-state index in [2.05, 4.69) is 0 Å². The fourth-order valence-corrected chi connectivity index (χ4v) is 4.60. The van der Waals surface area contributed by atoms with E-state index in [9.17, 15) is 18.8 Å². The summed E-state index contributed by atoms with van der Waals surface area (Å²) in [6, 6.07) is 13.3. The highest BCUT2D eigenvalue weighted by Gasteiger charge is 2.46. The molecule has 2 fully saturated rings. The van der Waals surface area contributed by atoms with E-state index in [4.69, 9.17) is 4.74 Å². The molecule has 1 unspecified atom stereocenters. The summed E-state index contributed by atoms with van der Waals surface area (Å²) in [5.74, 6) is -1.00. The summed E-state index contributed by atoms with van der Waals surface area (Å²) >= 11 is 0. The van der Waals surface area contributed by atoms with Crippen LogP contribution in [0.2, 0.25) is 0 Å². The number of halogens is 1. The van der Waals surface area contributed by atoms with Crippen LogP contribution in [0.25, 0.3) is 0 Å². The number of carbonyl (C=O) groups excluding carboxylic acids is 3. The van der Waals surface area contributed by atoms with Crippen LogP contribution < -0.4 is 9.64 Å². The van der Waals surface area contributed by atoms with Crippen molar-refractivity contribution in [3.63, 3.8) is 0 Å². The summed E-state index contributed by atoms with van der Waals surface area (Å²) in [5.41, 5.74) is 0.317. The van der Waals surface area contributed by atoms with Crippen molar-refractivity contribution in [2.75, 3.05) is 11.5 Å². The number of imide groups is 1. The van der Waals surface area contributed by atoms with Crippen molar-refractivity contribution >= 4 is 23.4 Å². The second kappa shape index (κ2) is 9.94. The second-order valence-electron chi connectivity index (χ2n) is 8.31. The molecule has 168 valence electrons. The van der Waals surface area contributed by atoms with Gasteiger partial charge in [-0.3, -0.25) is 14.4 Å². The van der Waals surface area contributed by atoms with Crippen LogP contribution >= 0.6 is 0 Å². The molecule has 32 heavy (non-hydrogen) atoms. The van der Waals surface area contributed by atoms with Crippen molar-refractivity contribution in [3.05, 3.63) is 60.4 Å². The van der Waals surface area contributed by atoms with E-state index in [1.54, 1.807) is 17.0 Å². The molecule has 1 saturated carbocycles. The highest BCUT2D eigenvalue weighted by Crippen LogP contribution is 2.31. The normalized spacial score (nSPS) is 19.7. The van der Waals surface area contributed by atoms with Gasteiger partial charge in [-0.05, 0) is 49.2 Å². The van der Waals surface area contributed by atoms with Crippen molar-refractivity contribution in [1.82, 2.24) is 4.90 Å². The number of amides is 3. The van der Waals surface area contributed by atoms with Gasteiger partial charge in [0.25, 0.3) is 11.8 Å². The third-order valence-corrected chi connectivity index (χ3v) is 6.16. The fraction of sp³-hybridized carbons (Fsp3) is 0.400. The summed E-state index contributed by atoms with van der Waals surface area (Å²) in [6.07, 6.45) is 5.66. The summed E-state index contributed by atoms with van der Waals surface area (Å²) < 4.78 is 19.0. The molecule has 1 atom stereocenters. The maximum absolute atomic E-state index is 13.3. The number of benzene rings is 2. The standard InChI is InChI=1S/C25H27FN2O4/c26-18-12-14-20(15-13-18)28-23(29)16-22(25(28)31)27(19-8-4-1-2-5-9-19)24(30)17-32-21-10-6-3-7-11-21/h3,6-7,10-15,19,22H,1-2,4-5,8-9,16-17H2. The highest BCUT2D eigenvalue weighted by atomic mass is 19.1. The third kappa shape index (κ3) is 4.82. The molecule has 2 aromatic carbocycles. The van der Waals surface area contributed by atoms with Crippen molar-refractivity contribution in [2.24, 2.45) is 0 Å². The van der Waals surface area contributed by atoms with Gasteiger partial charge in [0.05, 0.1) is 12.1 Å². The van der Waals surface area contributed by atoms with E-state index in [0.717, 1.165) is 43.4 Å². The Morgan fingerprint density at radius 3 is 2.28 bits per heavy atom. The van der Waals surface area contributed by atoms with Crippen molar-refractivity contribution < 1.29 is 23.5 Å². The zero-order valence-electron chi connectivity index (χ0n) is 17.9. The van der Waals surface area contributed by atoms with E-state index >= 15 is 0 Å². The first-order chi connectivity index (χ1) is 15.5. The van der Waals surface area contributed by atoms with E-state index in [0.29, 0.717) is 11.4 Å². The predicted molar refractivity (Wildman–Crippen MR) is 118 cm³/mol. The molecular formula is C25H27FN2O4. The first-order valence-corrected chi connectivity index (χ1v) is 11.2. The lowest BCUT2D eigenvalue weighted by Crippen LogP contribution is -2.52. The number of ether oxygens (including phenoxy) is 1. The molecule has 0 spiro atoms. The van der Waals surface area contributed by atoms with Gasteiger partial charge in [-0.1, -0.05) is 43.9 Å². The van der Waals surface area contributed by atoms with Crippen molar-refractivity contribution in [1.29, 1.82) is 0 Å². The van der Waals surface area contributed by atoms with Crippen LogP contribution in [0.3, 0.4) is 0 Å². The molecule has 7 heteroatoms. The molecule has 1 aliphatic heterocycles. The SMILES string of the molecule is O=C1CC(N(C(=O)COc2ccccc2)C2CCCCCC2)C(=O)N1c1ccc(F)cc1. The van der Waals surface area contributed by atoms with Crippen molar-refractivity contribution in [3.8, 4) is 5.75 Å². The number of carbonyl (C=O) groups is 3. The molecule has 1 aliphatic carbocycles. The first kappa shape index (κ1) is 22.0. The average molecular weight is 438 g/mol. The zero-order valence-corrected chi connectivity index (χ0v) is 17.9. The lowest BCUT2D eigenvalue weighted by Gasteiger charge is -2.35. The summed E-state index contributed by atoms with van der Waals surface area (Å²) in [5, 5.41) is 0. The lowest BCUT2D eigenvalue weighted by molar-refractivity contribution is -0.143. The van der Waals surface area contributed by atoms with Crippen molar-refractivity contribution in [2.45, 2.75) is 57.0 Å². The van der Waals surface area contributed by atoms with Gasteiger partial charge < -0.3 is 9.64 Å². The molecular weight excluding hydrogens is 411 g/mol. The minimum absolute atomic E-state index is 0.0796. The van der Waals surface area contributed by atoms with Crippen LogP contribution in [-0.4, -0.2) is 41.3 Å². The van der Waals surface area contributed by atoms with Gasteiger partial charge in [0.2, 0.25) is 5.91 Å². The molecule has 6 nitrogen and oxygen atoms in total. The Bertz CT molecular complexity index is 956. The predicted octanol–water partition coefficient (Wildman–Crippen LogP) is 4.09. The van der Waals surface area contributed by atoms with Gasteiger partial charge >= 0.3 is 0 Å². The topological polar surface area (TPSA) is 66.9 Å². The van der Waals surface area contributed by atoms with Gasteiger partial charge in [-0.15, -0.1) is 0 Å². The Morgan fingerprint density at radius 1 is 0.969 bits per heavy atom. The molecule has 1 saturated heterocycles. The Hall–Kier alpha value is -3.22. The minimum atomic E-state index is -0.873. The van der Waals surface area contributed by atoms with Crippen LogP contribution in [0, 0.1) is 5.82 Å². The molecule has 3 amide bonds. The van der Waals surface area contributed by atoms with Gasteiger partial charge in [0.1, 0.15) is 17.6 Å². The minimum Gasteiger partial charge on any atom is -0.484 e. The number of hydrogen-bond acceptors (Lipinski definition) is 4. The molecule has 0 radical (unpaired) electrons. The molecule has 2 aliphatic rings. The van der Waals surface area contributed by atoms with Gasteiger partial charge in [-0.25, -0.2) is 9.29 Å². The van der Waals surface area contributed by atoms with Crippen LogP contribution in [-0.2, 0) is 14.4 Å². The smallest absolute Gasteiger partial charge is 0.261 e. The van der Waals surface area contributed by atoms with Crippen LogP contribution in [0.15, 0.2) is 54.6 Å². The number of nitrogens with zero attached hydrogens (tertiary/aromatic N) is 2. The monoisotopic (exact) mass is 438 g/mol. The Kier molecular flexibility index (Phi) is 6.83. The quantitative estimate of drug-likeness (QED) is 0.503. The molecule has 1 heterocycles. The van der Waals surface area contributed by atoms with Crippen LogP contribution in [0.4, 0.5) is 10.1 Å². The third-order valence-electron chi connectivity index (χ3n) is 6.16. The van der Waals surface area contributed by atoms with Gasteiger partial charge in [-0.2, -0.15) is 0 Å². The maximum Gasteiger partial charge on any atom is 0.261 e. The van der Waals surface area contributed by atoms with E-state index in [-0.39, 0.29) is 30.9 Å². The second-order valence-corrected chi connectivity index (χ2v) is 8.31. The average Bonchev–Trinajstić information content (AvgIpc) is 2.97. The highest BCUT2D eigenvalue weighted by molar-refractivity contribution is 6.23. The van der Waals surface area contributed by atoms with Gasteiger partial charge in [0.15, 0.2) is 6.61 Å². The molecule has 0 aromatic heterocycles. The number of anilines is 1. The number of rotatable bonds is 6. The lowest BCUT2D eigenvalue weighted by atomic mass is 10.0. The molecule has 0 bridgehead atoms. The maximum atomic E-state index is 13.3. The summed E-state index contributed by atoms with van der Waals surface area (Å²) in [6.45, 7) is -0.199. The van der Waals surface area contributed by atoms with Crippen LogP contribution in [0.5, 0.6) is 5.75 Å².